The molecule has 2 aromatic carbocycles. The van der Waals surface area contributed by atoms with E-state index in [0.29, 0.717) is 11.2 Å². The van der Waals surface area contributed by atoms with Crippen LogP contribution in [0.25, 0.3) is 15.9 Å². The number of carbonyl (C=O) groups is 1. The van der Waals surface area contributed by atoms with Crippen LogP contribution < -0.4 is 16.6 Å². The van der Waals surface area contributed by atoms with Gasteiger partial charge < -0.3 is 5.32 Å². The second kappa shape index (κ2) is 7.76. The fraction of sp³-hybridized carbons (Fsp3) is 0.0500. The van der Waals surface area contributed by atoms with Crippen molar-refractivity contribution in [1.82, 2.24) is 9.13 Å². The number of amides is 1. The van der Waals surface area contributed by atoms with Gasteiger partial charge in [-0.3, -0.25) is 14.2 Å². The van der Waals surface area contributed by atoms with E-state index in [2.05, 4.69) is 21.2 Å². The number of fused-ring (bicyclic) bond motifs is 1. The summed E-state index contributed by atoms with van der Waals surface area (Å²) in [6, 6.07) is 14.1. The SMILES string of the molecule is O=C(Cn1c(=O)n(-c2ccccc2F)c(=O)c2sccc21)Nc1cccc(Br)c1. The molecule has 2 heterocycles. The number of thiophene rings is 1. The molecule has 0 spiro atoms. The molecule has 4 aromatic rings. The number of carbonyl (C=O) groups excluding carboxylic acids is 1. The molecule has 0 aliphatic rings. The molecule has 0 saturated carbocycles. The molecule has 6 nitrogen and oxygen atoms in total. The van der Waals surface area contributed by atoms with E-state index >= 15 is 0 Å². The van der Waals surface area contributed by atoms with E-state index in [1.165, 1.54) is 28.8 Å². The standard InChI is InChI=1S/C20H13BrFN3O3S/c21-12-4-3-5-13(10-12)23-17(26)11-24-16-8-9-29-18(16)19(27)25(20(24)28)15-7-2-1-6-14(15)22/h1-10H,11H2,(H,23,26). The second-order valence-electron chi connectivity index (χ2n) is 6.15. The van der Waals surface area contributed by atoms with Crippen molar-refractivity contribution in [2.75, 3.05) is 5.32 Å². The molecule has 1 N–H and O–H groups in total. The zero-order chi connectivity index (χ0) is 20.5. The number of hydrogen-bond donors (Lipinski definition) is 1. The van der Waals surface area contributed by atoms with Gasteiger partial charge in [-0.2, -0.15) is 0 Å². The Kier molecular flexibility index (Phi) is 5.16. The summed E-state index contributed by atoms with van der Waals surface area (Å²) in [4.78, 5) is 38.5. The maximum Gasteiger partial charge on any atom is 0.336 e. The summed E-state index contributed by atoms with van der Waals surface area (Å²) in [5, 5.41) is 4.37. The molecule has 1 amide bonds. The Hall–Kier alpha value is -3.04. The molecule has 0 saturated heterocycles. The molecular weight excluding hydrogens is 461 g/mol. The predicted molar refractivity (Wildman–Crippen MR) is 114 cm³/mol. The van der Waals surface area contributed by atoms with E-state index < -0.39 is 23.0 Å². The molecule has 29 heavy (non-hydrogen) atoms. The summed E-state index contributed by atoms with van der Waals surface area (Å²) in [5.41, 5.74) is -0.661. The van der Waals surface area contributed by atoms with Gasteiger partial charge in [0.05, 0.1) is 11.2 Å². The zero-order valence-electron chi connectivity index (χ0n) is 14.8. The highest BCUT2D eigenvalue weighted by Crippen LogP contribution is 2.18. The number of benzene rings is 2. The number of anilines is 1. The fourth-order valence-electron chi connectivity index (χ4n) is 3.00. The van der Waals surface area contributed by atoms with Gasteiger partial charge in [0.2, 0.25) is 5.91 Å². The van der Waals surface area contributed by atoms with Crippen LogP contribution in [0, 0.1) is 5.82 Å². The minimum Gasteiger partial charge on any atom is -0.324 e. The van der Waals surface area contributed by atoms with Crippen LogP contribution in [0.3, 0.4) is 0 Å². The van der Waals surface area contributed by atoms with Crippen molar-refractivity contribution < 1.29 is 9.18 Å². The smallest absolute Gasteiger partial charge is 0.324 e. The maximum absolute atomic E-state index is 14.3. The van der Waals surface area contributed by atoms with Gasteiger partial charge in [0, 0.05) is 10.2 Å². The Morgan fingerprint density at radius 2 is 1.90 bits per heavy atom. The van der Waals surface area contributed by atoms with Gasteiger partial charge in [0.15, 0.2) is 0 Å². The monoisotopic (exact) mass is 473 g/mol. The lowest BCUT2D eigenvalue weighted by Crippen LogP contribution is -2.40. The van der Waals surface area contributed by atoms with Crippen LogP contribution >= 0.6 is 27.3 Å². The highest BCUT2D eigenvalue weighted by molar-refractivity contribution is 9.10. The Morgan fingerprint density at radius 1 is 1.10 bits per heavy atom. The minimum absolute atomic E-state index is 0.154. The van der Waals surface area contributed by atoms with Gasteiger partial charge in [-0.15, -0.1) is 11.3 Å². The van der Waals surface area contributed by atoms with Crippen LogP contribution in [0.5, 0.6) is 0 Å². The van der Waals surface area contributed by atoms with Crippen LogP contribution in [0.1, 0.15) is 0 Å². The van der Waals surface area contributed by atoms with Gasteiger partial charge >= 0.3 is 5.69 Å². The van der Waals surface area contributed by atoms with E-state index in [4.69, 9.17) is 0 Å². The molecule has 2 aromatic heterocycles. The van der Waals surface area contributed by atoms with Crippen LogP contribution in [0.2, 0.25) is 0 Å². The second-order valence-corrected chi connectivity index (χ2v) is 7.99. The third-order valence-corrected chi connectivity index (χ3v) is 5.64. The first-order chi connectivity index (χ1) is 14.0. The molecule has 0 aliphatic carbocycles. The van der Waals surface area contributed by atoms with Crippen molar-refractivity contribution >= 4 is 49.1 Å². The largest absolute Gasteiger partial charge is 0.336 e. The molecule has 0 atom stereocenters. The lowest BCUT2D eigenvalue weighted by Gasteiger charge is -2.13. The lowest BCUT2D eigenvalue weighted by atomic mass is 10.3. The first-order valence-electron chi connectivity index (χ1n) is 8.49. The van der Waals surface area contributed by atoms with Crippen LogP contribution in [0.15, 0.2) is 74.0 Å². The summed E-state index contributed by atoms with van der Waals surface area (Å²) >= 11 is 4.46. The van der Waals surface area contributed by atoms with Crippen LogP contribution in [-0.2, 0) is 11.3 Å². The van der Waals surface area contributed by atoms with Gasteiger partial charge in [-0.05, 0) is 41.8 Å². The maximum atomic E-state index is 14.3. The minimum atomic E-state index is -0.782. The third-order valence-electron chi connectivity index (χ3n) is 4.26. The molecule has 0 bridgehead atoms. The summed E-state index contributed by atoms with van der Waals surface area (Å²) < 4.78 is 17.3. The van der Waals surface area contributed by atoms with Gasteiger partial charge in [0.1, 0.15) is 17.1 Å². The average molecular weight is 474 g/mol. The quantitative estimate of drug-likeness (QED) is 0.490. The number of rotatable bonds is 4. The van der Waals surface area contributed by atoms with Crippen LogP contribution in [-0.4, -0.2) is 15.0 Å². The highest BCUT2D eigenvalue weighted by atomic mass is 79.9. The average Bonchev–Trinajstić information content (AvgIpc) is 3.17. The molecule has 0 unspecified atom stereocenters. The summed E-state index contributed by atoms with van der Waals surface area (Å²) in [6.07, 6.45) is 0. The normalized spacial score (nSPS) is 11.0. The first kappa shape index (κ1) is 19.3. The Labute approximate surface area is 176 Å². The predicted octanol–water partition coefficient (Wildman–Crippen LogP) is 3.75. The lowest BCUT2D eigenvalue weighted by molar-refractivity contribution is -0.116. The Morgan fingerprint density at radius 3 is 2.66 bits per heavy atom. The van der Waals surface area contributed by atoms with Gasteiger partial charge in [0.25, 0.3) is 5.56 Å². The molecule has 0 fully saturated rings. The molecule has 0 aliphatic heterocycles. The molecule has 146 valence electrons. The highest BCUT2D eigenvalue weighted by Gasteiger charge is 2.19. The number of aromatic nitrogens is 2. The van der Waals surface area contributed by atoms with Gasteiger partial charge in [-0.25, -0.2) is 13.8 Å². The Bertz CT molecular complexity index is 1360. The Balaban J connectivity index is 1.81. The first-order valence-corrected chi connectivity index (χ1v) is 10.2. The van der Waals surface area contributed by atoms with Gasteiger partial charge in [-0.1, -0.05) is 34.1 Å². The van der Waals surface area contributed by atoms with E-state index in [0.717, 1.165) is 20.4 Å². The van der Waals surface area contributed by atoms with Crippen molar-refractivity contribution in [3.05, 3.63) is 91.1 Å². The van der Waals surface area contributed by atoms with Crippen molar-refractivity contribution in [3.63, 3.8) is 0 Å². The number of nitrogens with one attached hydrogen (secondary N) is 1. The number of nitrogens with zero attached hydrogens (tertiary/aromatic N) is 2. The van der Waals surface area contributed by atoms with E-state index in [1.807, 2.05) is 6.07 Å². The molecule has 0 radical (unpaired) electrons. The van der Waals surface area contributed by atoms with Crippen molar-refractivity contribution in [2.45, 2.75) is 6.54 Å². The number of hydrogen-bond acceptors (Lipinski definition) is 4. The summed E-state index contributed by atoms with van der Waals surface area (Å²) in [6.45, 7) is -0.326. The number of halogens is 2. The third kappa shape index (κ3) is 3.66. The van der Waals surface area contributed by atoms with Crippen molar-refractivity contribution in [2.24, 2.45) is 0 Å². The molecular formula is C20H13BrFN3O3S. The van der Waals surface area contributed by atoms with E-state index in [1.54, 1.807) is 29.6 Å². The van der Waals surface area contributed by atoms with Crippen LogP contribution in [0.4, 0.5) is 10.1 Å². The molecule has 4 rings (SSSR count). The topological polar surface area (TPSA) is 73.1 Å². The van der Waals surface area contributed by atoms with Crippen molar-refractivity contribution in [1.29, 1.82) is 0 Å². The summed E-state index contributed by atoms with van der Waals surface area (Å²) in [5.74, 6) is -1.15. The summed E-state index contributed by atoms with van der Waals surface area (Å²) in [7, 11) is 0. The van der Waals surface area contributed by atoms with Crippen molar-refractivity contribution in [3.8, 4) is 5.69 Å². The zero-order valence-corrected chi connectivity index (χ0v) is 17.2. The van der Waals surface area contributed by atoms with E-state index in [9.17, 15) is 18.8 Å². The molecule has 9 heteroatoms. The fourth-order valence-corrected chi connectivity index (χ4v) is 4.22. The van der Waals surface area contributed by atoms with E-state index in [-0.39, 0.29) is 16.9 Å². The number of para-hydroxylation sites is 1.